The first kappa shape index (κ1) is 19.5. The lowest BCUT2D eigenvalue weighted by Crippen LogP contribution is -2.40. The number of aromatic nitrogens is 4. The zero-order valence-electron chi connectivity index (χ0n) is 17.1. The van der Waals surface area contributed by atoms with Crippen LogP contribution in [0.3, 0.4) is 0 Å². The molecule has 0 spiro atoms. The van der Waals surface area contributed by atoms with Crippen LogP contribution in [0.5, 0.6) is 5.88 Å². The van der Waals surface area contributed by atoms with E-state index < -0.39 is 6.17 Å². The first-order chi connectivity index (χ1) is 15.2. The van der Waals surface area contributed by atoms with E-state index in [0.29, 0.717) is 23.7 Å². The van der Waals surface area contributed by atoms with E-state index in [4.69, 9.17) is 10.5 Å². The number of benzene rings is 2. The van der Waals surface area contributed by atoms with Gasteiger partial charge in [-0.05, 0) is 36.3 Å². The summed E-state index contributed by atoms with van der Waals surface area (Å²) in [5.41, 5.74) is 9.19. The van der Waals surface area contributed by atoms with Crippen molar-refractivity contribution in [3.63, 3.8) is 0 Å². The molecule has 5 rings (SSSR count). The molecule has 0 amide bonds. The van der Waals surface area contributed by atoms with Crippen molar-refractivity contribution in [2.24, 2.45) is 5.92 Å². The minimum Gasteiger partial charge on any atom is -0.471 e. The van der Waals surface area contributed by atoms with Gasteiger partial charge in [-0.1, -0.05) is 60.7 Å². The van der Waals surface area contributed by atoms with Crippen molar-refractivity contribution in [3.8, 4) is 5.88 Å². The predicted octanol–water partition coefficient (Wildman–Crippen LogP) is 4.52. The third-order valence-corrected chi connectivity index (χ3v) is 5.99. The summed E-state index contributed by atoms with van der Waals surface area (Å²) in [6, 6.07) is 19.7. The number of rotatable bonds is 7. The molecule has 7 heteroatoms. The molecular formula is C24H24FN5O. The average Bonchev–Trinajstić information content (AvgIpc) is 3.21. The minimum absolute atomic E-state index is 0.0376. The van der Waals surface area contributed by atoms with Crippen molar-refractivity contribution in [3.05, 3.63) is 78.1 Å². The normalized spacial score (nSPS) is 20.5. The summed E-state index contributed by atoms with van der Waals surface area (Å²) in [6.07, 6.45) is 3.15. The maximum atomic E-state index is 15.1. The molecule has 31 heavy (non-hydrogen) atoms. The molecule has 2 aromatic heterocycles. The molecule has 0 aliphatic heterocycles. The second-order valence-electron chi connectivity index (χ2n) is 8.02. The second-order valence-corrected chi connectivity index (χ2v) is 8.02. The number of halogens is 1. The molecule has 3 unspecified atom stereocenters. The van der Waals surface area contributed by atoms with E-state index in [0.717, 1.165) is 24.8 Å². The van der Waals surface area contributed by atoms with Gasteiger partial charge in [0.2, 0.25) is 11.8 Å². The summed E-state index contributed by atoms with van der Waals surface area (Å²) in [7, 11) is 0. The molecule has 2 N–H and O–H groups in total. The average molecular weight is 417 g/mol. The third-order valence-electron chi connectivity index (χ3n) is 5.99. The predicted molar refractivity (Wildman–Crippen MR) is 117 cm³/mol. The zero-order valence-corrected chi connectivity index (χ0v) is 17.1. The second kappa shape index (κ2) is 8.34. The Kier molecular flexibility index (Phi) is 5.24. The van der Waals surface area contributed by atoms with Gasteiger partial charge in [-0.2, -0.15) is 9.97 Å². The minimum atomic E-state index is -0.939. The van der Waals surface area contributed by atoms with E-state index in [1.165, 1.54) is 5.56 Å². The van der Waals surface area contributed by atoms with Gasteiger partial charge in [-0.3, -0.25) is 0 Å². The van der Waals surface area contributed by atoms with Gasteiger partial charge in [0.25, 0.3) is 0 Å². The summed E-state index contributed by atoms with van der Waals surface area (Å²) in [6.45, 7) is 0.343. The van der Waals surface area contributed by atoms with Gasteiger partial charge in [0.1, 0.15) is 12.8 Å². The Balaban J connectivity index is 1.30. The number of nitrogens with zero attached hydrogens (tertiary/aromatic N) is 4. The summed E-state index contributed by atoms with van der Waals surface area (Å²) in [5, 5.41) is 0. The van der Waals surface area contributed by atoms with E-state index >= 15 is 4.39 Å². The molecule has 2 aromatic carbocycles. The molecule has 2 heterocycles. The van der Waals surface area contributed by atoms with Gasteiger partial charge in [0, 0.05) is 0 Å². The first-order valence-electron chi connectivity index (χ1n) is 10.5. The SMILES string of the molecule is Nc1nc(OCc2ccccc2)c2ncn(C3CC(CCc4ccccc4)C3F)c2n1. The van der Waals surface area contributed by atoms with Crippen LogP contribution < -0.4 is 10.5 Å². The van der Waals surface area contributed by atoms with Crippen LogP contribution in [0.2, 0.25) is 0 Å². The van der Waals surface area contributed by atoms with Crippen molar-refractivity contribution < 1.29 is 9.13 Å². The number of alkyl halides is 1. The Morgan fingerprint density at radius 3 is 2.42 bits per heavy atom. The van der Waals surface area contributed by atoms with Crippen molar-refractivity contribution in [1.82, 2.24) is 19.5 Å². The first-order valence-corrected chi connectivity index (χ1v) is 10.5. The van der Waals surface area contributed by atoms with Crippen LogP contribution in [0.15, 0.2) is 67.0 Å². The lowest BCUT2D eigenvalue weighted by Gasteiger charge is -2.40. The van der Waals surface area contributed by atoms with E-state index in [1.807, 2.05) is 48.5 Å². The Labute approximate surface area is 179 Å². The van der Waals surface area contributed by atoms with E-state index in [2.05, 4.69) is 27.1 Å². The van der Waals surface area contributed by atoms with Gasteiger partial charge in [-0.25, -0.2) is 9.37 Å². The van der Waals surface area contributed by atoms with Crippen LogP contribution in [-0.2, 0) is 13.0 Å². The maximum absolute atomic E-state index is 15.1. The lowest BCUT2D eigenvalue weighted by molar-refractivity contribution is 0.0347. The molecule has 1 saturated carbocycles. The summed E-state index contributed by atoms with van der Waals surface area (Å²) >= 11 is 0. The number of hydrogen-bond donors (Lipinski definition) is 1. The number of ether oxygens (including phenoxy) is 1. The fourth-order valence-electron chi connectivity index (χ4n) is 4.21. The van der Waals surface area contributed by atoms with Crippen LogP contribution in [0.4, 0.5) is 10.3 Å². The van der Waals surface area contributed by atoms with Crippen LogP contribution in [0.25, 0.3) is 11.2 Å². The number of imidazole rings is 1. The molecule has 1 aliphatic rings. The molecule has 1 fully saturated rings. The van der Waals surface area contributed by atoms with Crippen molar-refractivity contribution in [2.75, 3.05) is 5.73 Å². The lowest BCUT2D eigenvalue weighted by atomic mass is 9.75. The Morgan fingerprint density at radius 2 is 1.71 bits per heavy atom. The van der Waals surface area contributed by atoms with Gasteiger partial charge < -0.3 is 15.0 Å². The quantitative estimate of drug-likeness (QED) is 0.478. The summed E-state index contributed by atoms with van der Waals surface area (Å²) < 4.78 is 22.7. The molecule has 0 radical (unpaired) electrons. The van der Waals surface area contributed by atoms with Gasteiger partial charge in [-0.15, -0.1) is 0 Å². The molecule has 6 nitrogen and oxygen atoms in total. The number of nitrogens with two attached hydrogens (primary N) is 1. The van der Waals surface area contributed by atoms with Crippen LogP contribution in [0, 0.1) is 5.92 Å². The zero-order chi connectivity index (χ0) is 21.2. The number of hydrogen-bond acceptors (Lipinski definition) is 5. The fraction of sp³-hybridized carbons (Fsp3) is 0.292. The fourth-order valence-corrected chi connectivity index (χ4v) is 4.21. The Morgan fingerprint density at radius 1 is 1.00 bits per heavy atom. The van der Waals surface area contributed by atoms with Crippen LogP contribution in [-0.4, -0.2) is 25.7 Å². The summed E-state index contributed by atoms with van der Waals surface area (Å²) in [4.78, 5) is 13.0. The molecule has 158 valence electrons. The largest absolute Gasteiger partial charge is 0.471 e. The number of fused-ring (bicyclic) bond motifs is 1. The highest BCUT2D eigenvalue weighted by Crippen LogP contribution is 2.44. The molecule has 4 aromatic rings. The maximum Gasteiger partial charge on any atom is 0.247 e. The van der Waals surface area contributed by atoms with Crippen LogP contribution >= 0.6 is 0 Å². The topological polar surface area (TPSA) is 78.9 Å². The number of aryl methyl sites for hydroxylation is 1. The third kappa shape index (κ3) is 3.95. The Hall–Kier alpha value is -3.48. The van der Waals surface area contributed by atoms with Crippen molar-refractivity contribution in [2.45, 2.75) is 38.1 Å². The molecule has 1 aliphatic carbocycles. The van der Waals surface area contributed by atoms with Gasteiger partial charge in [0.05, 0.1) is 12.4 Å². The summed E-state index contributed by atoms with van der Waals surface area (Å²) in [5.74, 6) is 0.448. The number of anilines is 1. The monoisotopic (exact) mass is 417 g/mol. The van der Waals surface area contributed by atoms with Gasteiger partial charge in [0.15, 0.2) is 11.2 Å². The van der Waals surface area contributed by atoms with E-state index in [-0.39, 0.29) is 17.9 Å². The van der Waals surface area contributed by atoms with Crippen molar-refractivity contribution >= 4 is 17.1 Å². The highest BCUT2D eigenvalue weighted by molar-refractivity contribution is 5.77. The highest BCUT2D eigenvalue weighted by atomic mass is 19.1. The molecular weight excluding hydrogens is 393 g/mol. The van der Waals surface area contributed by atoms with Crippen LogP contribution in [0.1, 0.15) is 30.0 Å². The van der Waals surface area contributed by atoms with Gasteiger partial charge >= 0.3 is 0 Å². The standard InChI is InChI=1S/C24H24FN5O/c25-20-18(12-11-16-7-3-1-4-8-16)13-19(20)30-15-27-21-22(30)28-24(26)29-23(21)31-14-17-9-5-2-6-10-17/h1-10,15,18-20H,11-14H2,(H2,26,28,29). The van der Waals surface area contributed by atoms with E-state index in [9.17, 15) is 0 Å². The number of nitrogen functional groups attached to an aromatic ring is 1. The van der Waals surface area contributed by atoms with Crippen molar-refractivity contribution in [1.29, 1.82) is 0 Å². The smallest absolute Gasteiger partial charge is 0.247 e. The molecule has 3 atom stereocenters. The molecule has 0 bridgehead atoms. The Bertz CT molecular complexity index is 1160. The van der Waals surface area contributed by atoms with E-state index in [1.54, 1.807) is 10.9 Å². The highest BCUT2D eigenvalue weighted by Gasteiger charge is 2.43. The molecule has 0 saturated heterocycles.